The molecule has 6 nitrogen and oxygen atoms in total. The van der Waals surface area contributed by atoms with E-state index in [2.05, 4.69) is 0 Å². The van der Waals surface area contributed by atoms with Gasteiger partial charge in [-0.2, -0.15) is 0 Å². The Bertz CT molecular complexity index is 1020. The Balaban J connectivity index is 1.43. The van der Waals surface area contributed by atoms with Crippen molar-refractivity contribution in [3.8, 4) is 0 Å². The normalized spacial score (nSPS) is 18.8. The van der Waals surface area contributed by atoms with E-state index in [-0.39, 0.29) is 36.7 Å². The number of amides is 2. The van der Waals surface area contributed by atoms with Crippen molar-refractivity contribution in [2.75, 3.05) is 57.4 Å². The third kappa shape index (κ3) is 6.24. The van der Waals surface area contributed by atoms with Crippen molar-refractivity contribution in [1.29, 1.82) is 0 Å². The average molecular weight is 486 g/mol. The fourth-order valence-corrected chi connectivity index (χ4v) is 4.90. The molecule has 2 amide bonds. The summed E-state index contributed by atoms with van der Waals surface area (Å²) in [5.74, 6) is -0.822. The van der Waals surface area contributed by atoms with Crippen LogP contribution in [0.2, 0.25) is 0 Å². The molecule has 2 aliphatic rings. The van der Waals surface area contributed by atoms with E-state index in [1.54, 1.807) is 28.0 Å². The highest BCUT2D eigenvalue weighted by atomic mass is 19.1. The second kappa shape index (κ2) is 11.7. The number of ether oxygens (including phenoxy) is 1. The third-order valence-electron chi connectivity index (χ3n) is 6.76. The van der Waals surface area contributed by atoms with E-state index in [1.807, 2.05) is 11.8 Å². The number of hydrogen-bond donors (Lipinski definition) is 0. The first-order valence-electron chi connectivity index (χ1n) is 12.4. The number of anilines is 1. The summed E-state index contributed by atoms with van der Waals surface area (Å²) in [4.78, 5) is 31.2. The maximum absolute atomic E-state index is 14.3. The lowest BCUT2D eigenvalue weighted by molar-refractivity contribution is -0.138. The smallest absolute Gasteiger partial charge is 0.248 e. The van der Waals surface area contributed by atoms with Gasteiger partial charge in [0.15, 0.2) is 0 Å². The molecular weight excluding hydrogens is 452 g/mol. The Kier molecular flexibility index (Phi) is 8.46. The van der Waals surface area contributed by atoms with Crippen molar-refractivity contribution < 1.29 is 23.1 Å². The van der Waals surface area contributed by atoms with Crippen LogP contribution in [-0.2, 0) is 14.3 Å². The molecule has 2 heterocycles. The second-order valence-corrected chi connectivity index (χ2v) is 9.20. The minimum Gasteiger partial charge on any atom is -0.372 e. The number of benzene rings is 2. The first-order chi connectivity index (χ1) is 17.0. The van der Waals surface area contributed by atoms with Crippen LogP contribution in [0, 0.1) is 11.6 Å². The van der Waals surface area contributed by atoms with Crippen LogP contribution in [0.5, 0.6) is 0 Å². The predicted molar refractivity (Wildman–Crippen MR) is 130 cm³/mol. The van der Waals surface area contributed by atoms with Crippen molar-refractivity contribution in [2.45, 2.75) is 32.1 Å². The quantitative estimate of drug-likeness (QED) is 0.560. The molecule has 2 aromatic rings. The largest absolute Gasteiger partial charge is 0.372 e. The number of hydrogen-bond acceptors (Lipinski definition) is 4. The molecule has 0 radical (unpaired) electrons. The molecule has 1 atom stereocenters. The van der Waals surface area contributed by atoms with Crippen LogP contribution >= 0.6 is 0 Å². The molecule has 0 N–H and O–H groups in total. The molecule has 0 bridgehead atoms. The van der Waals surface area contributed by atoms with Crippen LogP contribution in [-0.4, -0.2) is 74.1 Å². The summed E-state index contributed by atoms with van der Waals surface area (Å²) in [6.45, 7) is 5.70. The Labute approximate surface area is 205 Å². The summed E-state index contributed by atoms with van der Waals surface area (Å²) < 4.78 is 33.1. The maximum Gasteiger partial charge on any atom is 0.248 e. The Morgan fingerprint density at radius 3 is 2.37 bits per heavy atom. The lowest BCUT2D eigenvalue weighted by atomic mass is 9.87. The molecule has 0 spiro atoms. The molecule has 0 saturated carbocycles. The number of piperazine rings is 1. The summed E-state index contributed by atoms with van der Waals surface area (Å²) in [6, 6.07) is 11.0. The Morgan fingerprint density at radius 1 is 0.943 bits per heavy atom. The van der Waals surface area contributed by atoms with Crippen molar-refractivity contribution in [3.05, 3.63) is 65.2 Å². The summed E-state index contributed by atoms with van der Waals surface area (Å²) in [7, 11) is 0. The molecule has 1 saturated heterocycles. The molecular formula is C27H33F2N3O3. The van der Waals surface area contributed by atoms with E-state index in [0.29, 0.717) is 45.0 Å². The van der Waals surface area contributed by atoms with Gasteiger partial charge in [0.05, 0.1) is 12.2 Å². The highest BCUT2D eigenvalue weighted by Crippen LogP contribution is 2.39. The van der Waals surface area contributed by atoms with E-state index in [4.69, 9.17) is 4.74 Å². The molecule has 1 fully saturated rings. The number of nitrogens with zero attached hydrogens (tertiary/aromatic N) is 3. The van der Waals surface area contributed by atoms with Gasteiger partial charge >= 0.3 is 0 Å². The first-order valence-corrected chi connectivity index (χ1v) is 12.4. The summed E-state index contributed by atoms with van der Waals surface area (Å²) in [5.41, 5.74) is 2.42. The van der Waals surface area contributed by atoms with E-state index >= 15 is 0 Å². The number of carbonyl (C=O) groups is 2. The van der Waals surface area contributed by atoms with Gasteiger partial charge in [-0.05, 0) is 54.7 Å². The van der Waals surface area contributed by atoms with Crippen LogP contribution in [0.1, 0.15) is 43.2 Å². The van der Waals surface area contributed by atoms with Gasteiger partial charge in [-0.25, -0.2) is 8.78 Å². The number of rotatable bonds is 7. The van der Waals surface area contributed by atoms with Crippen LogP contribution in [0.15, 0.2) is 42.5 Å². The third-order valence-corrected chi connectivity index (χ3v) is 6.76. The van der Waals surface area contributed by atoms with Gasteiger partial charge in [0.2, 0.25) is 11.8 Å². The lowest BCUT2D eigenvalue weighted by Crippen LogP contribution is -2.52. The molecule has 4 rings (SSSR count). The maximum atomic E-state index is 14.3. The zero-order valence-electron chi connectivity index (χ0n) is 20.2. The highest BCUT2D eigenvalue weighted by molar-refractivity contribution is 5.96. The van der Waals surface area contributed by atoms with E-state index in [0.717, 1.165) is 30.4 Å². The SMILES string of the molecule is CCCOCC(=O)N1CCN(CC(=O)N2CCCC(c3ccc(F)cc3)c3ccc(F)cc32)CC1. The molecule has 8 heteroatoms. The van der Waals surface area contributed by atoms with Gasteiger partial charge in [-0.1, -0.05) is 25.1 Å². The average Bonchev–Trinajstić information content (AvgIpc) is 3.04. The molecule has 188 valence electrons. The zero-order valence-corrected chi connectivity index (χ0v) is 20.2. The summed E-state index contributed by atoms with van der Waals surface area (Å²) in [5, 5.41) is 0. The van der Waals surface area contributed by atoms with Crippen LogP contribution in [0.4, 0.5) is 14.5 Å². The Hall–Kier alpha value is -2.84. The summed E-state index contributed by atoms with van der Waals surface area (Å²) in [6.07, 6.45) is 2.41. The topological polar surface area (TPSA) is 53.1 Å². The van der Waals surface area contributed by atoms with Crippen LogP contribution < -0.4 is 4.90 Å². The van der Waals surface area contributed by atoms with Crippen LogP contribution in [0.25, 0.3) is 0 Å². The predicted octanol–water partition coefficient (Wildman–Crippen LogP) is 3.79. The van der Waals surface area contributed by atoms with Crippen molar-refractivity contribution in [3.63, 3.8) is 0 Å². The highest BCUT2D eigenvalue weighted by Gasteiger charge is 2.30. The molecule has 0 aliphatic carbocycles. The van der Waals surface area contributed by atoms with Gasteiger partial charge in [0.25, 0.3) is 0 Å². The number of carbonyl (C=O) groups excluding carboxylic acids is 2. The minimum absolute atomic E-state index is 0.0202. The van der Waals surface area contributed by atoms with Gasteiger partial charge < -0.3 is 14.5 Å². The van der Waals surface area contributed by atoms with Gasteiger partial charge in [0.1, 0.15) is 18.2 Å². The molecule has 1 unspecified atom stereocenters. The zero-order chi connectivity index (χ0) is 24.8. The van der Waals surface area contributed by atoms with E-state index in [1.165, 1.54) is 24.3 Å². The molecule has 2 aromatic carbocycles. The lowest BCUT2D eigenvalue weighted by Gasteiger charge is -2.35. The standard InChI is InChI=1S/C27H33F2N3O3/c1-2-16-35-19-27(34)31-14-12-30(13-15-31)18-26(33)32-11-3-4-23(20-5-7-21(28)8-6-20)24-10-9-22(29)17-25(24)32/h5-10,17,23H,2-4,11-16,18-19H2,1H3. The van der Waals surface area contributed by atoms with Crippen molar-refractivity contribution in [2.24, 2.45) is 0 Å². The van der Waals surface area contributed by atoms with Crippen molar-refractivity contribution in [1.82, 2.24) is 9.80 Å². The monoisotopic (exact) mass is 485 g/mol. The summed E-state index contributed by atoms with van der Waals surface area (Å²) >= 11 is 0. The molecule has 35 heavy (non-hydrogen) atoms. The van der Waals surface area contributed by atoms with Crippen molar-refractivity contribution >= 4 is 17.5 Å². The van der Waals surface area contributed by atoms with Gasteiger partial charge in [-0.15, -0.1) is 0 Å². The van der Waals surface area contributed by atoms with E-state index < -0.39 is 5.82 Å². The Morgan fingerprint density at radius 2 is 1.66 bits per heavy atom. The van der Waals surface area contributed by atoms with Gasteiger partial charge in [0, 0.05) is 45.2 Å². The fraction of sp³-hybridized carbons (Fsp3) is 0.481. The van der Waals surface area contributed by atoms with E-state index in [9.17, 15) is 18.4 Å². The first kappa shape index (κ1) is 25.3. The molecule has 2 aliphatic heterocycles. The number of halogens is 2. The fourth-order valence-electron chi connectivity index (χ4n) is 4.90. The van der Waals surface area contributed by atoms with Crippen LogP contribution in [0.3, 0.4) is 0 Å². The second-order valence-electron chi connectivity index (χ2n) is 9.20. The molecule has 0 aromatic heterocycles. The number of fused-ring (bicyclic) bond motifs is 1. The minimum atomic E-state index is -0.390. The van der Waals surface area contributed by atoms with Gasteiger partial charge in [-0.3, -0.25) is 14.5 Å².